The Morgan fingerprint density at radius 2 is 2.26 bits per heavy atom. The summed E-state index contributed by atoms with van der Waals surface area (Å²) in [5.41, 5.74) is 3.11. The molecule has 2 heterocycles. The number of alkyl halides is 2. The smallest absolute Gasteiger partial charge is 0.327 e. The predicted octanol–water partition coefficient (Wildman–Crippen LogP) is 2.11. The zero-order valence-electron chi connectivity index (χ0n) is 10.3. The fourth-order valence-corrected chi connectivity index (χ4v) is 2.25. The first-order valence-corrected chi connectivity index (χ1v) is 5.89. The molecular formula is C11H12ClF2N5. The van der Waals surface area contributed by atoms with Crippen molar-refractivity contribution in [1.29, 1.82) is 5.41 Å². The Labute approximate surface area is 113 Å². The SMILES string of the molecule is CC1/C(=N/NC(F)F)C(=N)c2ccnc(Cl)c2N1C. The van der Waals surface area contributed by atoms with Crippen LogP contribution in [-0.2, 0) is 0 Å². The number of rotatable bonds is 2. The molecule has 8 heteroatoms. The van der Waals surface area contributed by atoms with Crippen molar-refractivity contribution in [3.05, 3.63) is 23.0 Å². The minimum Gasteiger partial charge on any atom is -0.363 e. The Balaban J connectivity index is 2.49. The summed E-state index contributed by atoms with van der Waals surface area (Å²) in [6.07, 6.45) is 1.47. The molecule has 1 aromatic heterocycles. The first kappa shape index (κ1) is 13.7. The highest BCUT2D eigenvalue weighted by molar-refractivity contribution is 6.52. The minimum absolute atomic E-state index is 0.0676. The van der Waals surface area contributed by atoms with Crippen LogP contribution in [0.3, 0.4) is 0 Å². The largest absolute Gasteiger partial charge is 0.363 e. The van der Waals surface area contributed by atoms with Crippen molar-refractivity contribution in [2.45, 2.75) is 19.5 Å². The molecule has 1 atom stereocenters. The molecule has 0 saturated heterocycles. The maximum Gasteiger partial charge on any atom is 0.327 e. The number of nitrogens with one attached hydrogen (secondary N) is 2. The van der Waals surface area contributed by atoms with Gasteiger partial charge in [0.2, 0.25) is 0 Å². The van der Waals surface area contributed by atoms with Gasteiger partial charge in [-0.3, -0.25) is 10.8 Å². The lowest BCUT2D eigenvalue weighted by atomic mass is 9.94. The number of hydrazone groups is 1. The molecule has 0 amide bonds. The third kappa shape index (κ3) is 2.37. The molecule has 1 aliphatic heterocycles. The second-order valence-corrected chi connectivity index (χ2v) is 4.44. The van der Waals surface area contributed by atoms with Crippen LogP contribution in [-0.4, -0.2) is 36.0 Å². The van der Waals surface area contributed by atoms with Gasteiger partial charge in [0.1, 0.15) is 5.71 Å². The van der Waals surface area contributed by atoms with E-state index in [4.69, 9.17) is 17.0 Å². The highest BCUT2D eigenvalue weighted by Gasteiger charge is 2.32. The van der Waals surface area contributed by atoms with E-state index in [-0.39, 0.29) is 22.6 Å². The van der Waals surface area contributed by atoms with Gasteiger partial charge in [-0.05, 0) is 13.0 Å². The summed E-state index contributed by atoms with van der Waals surface area (Å²) in [5.74, 6) is 0. The topological polar surface area (TPSA) is 64.4 Å². The molecule has 2 N–H and O–H groups in total. The second-order valence-electron chi connectivity index (χ2n) is 4.09. The number of pyridine rings is 1. The van der Waals surface area contributed by atoms with Crippen molar-refractivity contribution in [2.24, 2.45) is 5.10 Å². The second kappa shape index (κ2) is 5.08. The van der Waals surface area contributed by atoms with Crippen LogP contribution in [0.2, 0.25) is 5.15 Å². The fraction of sp³-hybridized carbons (Fsp3) is 0.364. The maximum atomic E-state index is 12.2. The molecule has 0 aliphatic carbocycles. The van der Waals surface area contributed by atoms with E-state index in [1.807, 2.05) is 0 Å². The van der Waals surface area contributed by atoms with Gasteiger partial charge in [-0.1, -0.05) is 11.6 Å². The summed E-state index contributed by atoms with van der Waals surface area (Å²) in [7, 11) is 1.75. The summed E-state index contributed by atoms with van der Waals surface area (Å²) in [6, 6.07) is 1.26. The number of hydrogen-bond donors (Lipinski definition) is 2. The molecule has 102 valence electrons. The number of hydrogen-bond acceptors (Lipinski definition) is 5. The van der Waals surface area contributed by atoms with Crippen molar-refractivity contribution in [1.82, 2.24) is 10.4 Å². The van der Waals surface area contributed by atoms with Gasteiger partial charge in [-0.2, -0.15) is 13.9 Å². The van der Waals surface area contributed by atoms with Crippen molar-refractivity contribution < 1.29 is 8.78 Å². The van der Waals surface area contributed by atoms with E-state index in [0.717, 1.165) is 0 Å². The van der Waals surface area contributed by atoms with E-state index >= 15 is 0 Å². The number of nitrogens with zero attached hydrogens (tertiary/aromatic N) is 3. The van der Waals surface area contributed by atoms with Crippen LogP contribution in [0.1, 0.15) is 12.5 Å². The van der Waals surface area contributed by atoms with E-state index < -0.39 is 6.55 Å². The van der Waals surface area contributed by atoms with Crippen molar-refractivity contribution in [3.63, 3.8) is 0 Å². The minimum atomic E-state index is -2.76. The third-order valence-electron chi connectivity index (χ3n) is 3.02. The van der Waals surface area contributed by atoms with Crippen LogP contribution in [0.4, 0.5) is 14.5 Å². The number of halogens is 3. The molecule has 1 aliphatic rings. The van der Waals surface area contributed by atoms with Crippen LogP contribution in [0.5, 0.6) is 0 Å². The Bertz CT molecular complexity index is 546. The summed E-state index contributed by atoms with van der Waals surface area (Å²) in [4.78, 5) is 5.72. The highest BCUT2D eigenvalue weighted by atomic mass is 35.5. The summed E-state index contributed by atoms with van der Waals surface area (Å²) in [6.45, 7) is -1.01. The van der Waals surface area contributed by atoms with E-state index in [1.54, 1.807) is 30.4 Å². The number of anilines is 1. The lowest BCUT2D eigenvalue weighted by molar-refractivity contribution is 0.110. The van der Waals surface area contributed by atoms with E-state index in [1.165, 1.54) is 6.20 Å². The van der Waals surface area contributed by atoms with Crippen LogP contribution in [0.15, 0.2) is 17.4 Å². The Morgan fingerprint density at radius 1 is 1.58 bits per heavy atom. The van der Waals surface area contributed by atoms with Crippen molar-refractivity contribution >= 4 is 28.7 Å². The van der Waals surface area contributed by atoms with Gasteiger partial charge in [-0.15, -0.1) is 0 Å². The Kier molecular flexibility index (Phi) is 3.66. The molecule has 0 aromatic carbocycles. The van der Waals surface area contributed by atoms with Gasteiger partial charge in [0.15, 0.2) is 5.15 Å². The van der Waals surface area contributed by atoms with Crippen LogP contribution >= 0.6 is 11.6 Å². The zero-order valence-corrected chi connectivity index (χ0v) is 11.0. The zero-order chi connectivity index (χ0) is 14.2. The molecule has 0 spiro atoms. The summed E-state index contributed by atoms with van der Waals surface area (Å²) < 4.78 is 24.3. The lowest BCUT2D eigenvalue weighted by Crippen LogP contribution is -2.46. The normalized spacial score (nSPS) is 20.9. The average Bonchev–Trinajstić information content (AvgIpc) is 2.35. The van der Waals surface area contributed by atoms with Gasteiger partial charge >= 0.3 is 6.55 Å². The van der Waals surface area contributed by atoms with Crippen molar-refractivity contribution in [3.8, 4) is 0 Å². The van der Waals surface area contributed by atoms with Crippen molar-refractivity contribution in [2.75, 3.05) is 11.9 Å². The molecule has 0 saturated carbocycles. The van der Waals surface area contributed by atoms with Gasteiger partial charge < -0.3 is 4.90 Å². The summed E-state index contributed by atoms with van der Waals surface area (Å²) in [5, 5.41) is 11.9. The number of aromatic nitrogens is 1. The summed E-state index contributed by atoms with van der Waals surface area (Å²) >= 11 is 6.02. The monoisotopic (exact) mass is 287 g/mol. The van der Waals surface area contributed by atoms with Gasteiger partial charge in [0, 0.05) is 18.8 Å². The van der Waals surface area contributed by atoms with E-state index in [9.17, 15) is 8.78 Å². The van der Waals surface area contributed by atoms with Gasteiger partial charge in [-0.25, -0.2) is 4.98 Å². The van der Waals surface area contributed by atoms with Gasteiger partial charge in [0.05, 0.1) is 17.4 Å². The van der Waals surface area contributed by atoms with E-state index in [0.29, 0.717) is 11.3 Å². The van der Waals surface area contributed by atoms with Crippen LogP contribution < -0.4 is 10.3 Å². The first-order valence-electron chi connectivity index (χ1n) is 5.51. The average molecular weight is 288 g/mol. The molecule has 5 nitrogen and oxygen atoms in total. The Morgan fingerprint density at radius 3 is 2.89 bits per heavy atom. The van der Waals surface area contributed by atoms with Crippen LogP contribution in [0.25, 0.3) is 0 Å². The number of fused-ring (bicyclic) bond motifs is 1. The van der Waals surface area contributed by atoms with Gasteiger partial charge in [0.25, 0.3) is 0 Å². The van der Waals surface area contributed by atoms with Crippen LogP contribution in [0, 0.1) is 5.41 Å². The third-order valence-corrected chi connectivity index (χ3v) is 3.29. The standard InChI is InChI=1S/C11H12ClF2N5/c1-5-8(17-18-11(13)14)7(15)6-3-4-16-10(12)9(6)19(5)2/h3-5,11,15,18H,1-2H3/b15-7?,17-8-. The predicted molar refractivity (Wildman–Crippen MR) is 70.5 cm³/mol. The highest BCUT2D eigenvalue weighted by Crippen LogP contribution is 2.33. The fourth-order valence-electron chi connectivity index (χ4n) is 1.96. The molecule has 1 aromatic rings. The maximum absolute atomic E-state index is 12.2. The van der Waals surface area contributed by atoms with E-state index in [2.05, 4.69) is 10.1 Å². The molecule has 0 fully saturated rings. The Hall–Kier alpha value is -1.76. The first-order chi connectivity index (χ1) is 8.93. The molecule has 1 unspecified atom stereocenters. The quantitative estimate of drug-likeness (QED) is 0.497. The molecule has 2 rings (SSSR count). The molecule has 0 bridgehead atoms. The molecular weight excluding hydrogens is 276 g/mol. The molecule has 19 heavy (non-hydrogen) atoms. The lowest BCUT2D eigenvalue weighted by Gasteiger charge is -2.35. The molecule has 0 radical (unpaired) electrons.